The molecule has 1 atom stereocenters. The van der Waals surface area contributed by atoms with Gasteiger partial charge in [0.05, 0.1) is 18.8 Å². The number of nitrogens with zero attached hydrogens (tertiary/aromatic N) is 6. The lowest BCUT2D eigenvalue weighted by Crippen LogP contribution is -2.22. The number of rotatable bonds is 3. The first-order chi connectivity index (χ1) is 13.3. The van der Waals surface area contributed by atoms with Crippen molar-refractivity contribution in [2.75, 3.05) is 0 Å². The van der Waals surface area contributed by atoms with E-state index in [0.29, 0.717) is 36.3 Å². The van der Waals surface area contributed by atoms with E-state index >= 15 is 0 Å². The molecule has 5 rings (SSSR count). The summed E-state index contributed by atoms with van der Waals surface area (Å²) in [6, 6.07) is 13.8. The van der Waals surface area contributed by atoms with Gasteiger partial charge in [0.1, 0.15) is 11.8 Å². The highest BCUT2D eigenvalue weighted by molar-refractivity contribution is 5.55. The van der Waals surface area contributed by atoms with E-state index in [1.165, 1.54) is 5.56 Å². The van der Waals surface area contributed by atoms with Gasteiger partial charge in [-0.15, -0.1) is 5.10 Å². The maximum Gasteiger partial charge on any atom is 0.276 e. The van der Waals surface area contributed by atoms with Crippen LogP contribution in [0.4, 0.5) is 0 Å². The summed E-state index contributed by atoms with van der Waals surface area (Å²) >= 11 is 0. The van der Waals surface area contributed by atoms with Crippen molar-refractivity contribution in [3.05, 3.63) is 65.5 Å². The normalized spacial score (nSPS) is 16.3. The van der Waals surface area contributed by atoms with Gasteiger partial charge in [-0.1, -0.05) is 46.3 Å². The highest BCUT2D eigenvalue weighted by Gasteiger charge is 2.27. The molecule has 134 valence electrons. The minimum absolute atomic E-state index is 0.0537. The molecule has 0 bridgehead atoms. The lowest BCUT2D eigenvalue weighted by molar-refractivity contribution is -0.00112. The number of aryl methyl sites for hydroxylation is 1. The second kappa shape index (κ2) is 6.40. The Morgan fingerprint density at radius 2 is 2.00 bits per heavy atom. The number of pyridine rings is 1. The van der Waals surface area contributed by atoms with E-state index in [2.05, 4.69) is 56.6 Å². The summed E-state index contributed by atoms with van der Waals surface area (Å²) in [5.74, 6) is 0.732. The average molecular weight is 360 g/mol. The monoisotopic (exact) mass is 360 g/mol. The third-order valence-corrected chi connectivity index (χ3v) is 4.57. The predicted molar refractivity (Wildman–Crippen MR) is 95.3 cm³/mol. The zero-order chi connectivity index (χ0) is 18.2. The van der Waals surface area contributed by atoms with Gasteiger partial charge in [0.2, 0.25) is 5.82 Å². The van der Waals surface area contributed by atoms with E-state index in [9.17, 15) is 0 Å². The van der Waals surface area contributed by atoms with Gasteiger partial charge in [-0.3, -0.25) is 4.98 Å². The lowest BCUT2D eigenvalue weighted by atomic mass is 10.1. The van der Waals surface area contributed by atoms with Crippen LogP contribution in [0.5, 0.6) is 0 Å². The maximum atomic E-state index is 6.04. The van der Waals surface area contributed by atoms with Gasteiger partial charge in [0, 0.05) is 6.20 Å². The largest absolute Gasteiger partial charge is 0.365 e. The topological polar surface area (TPSA) is 91.8 Å². The molecule has 4 aromatic rings. The Kier molecular flexibility index (Phi) is 3.75. The van der Waals surface area contributed by atoms with Crippen molar-refractivity contribution in [2.45, 2.75) is 26.2 Å². The Bertz CT molecular complexity index is 1070. The molecule has 1 aliphatic rings. The number of ether oxygens (including phenoxy) is 1. The molecule has 8 heteroatoms. The maximum absolute atomic E-state index is 6.04. The van der Waals surface area contributed by atoms with Gasteiger partial charge >= 0.3 is 0 Å². The van der Waals surface area contributed by atoms with Crippen LogP contribution < -0.4 is 0 Å². The van der Waals surface area contributed by atoms with Gasteiger partial charge in [-0.25, -0.2) is 4.68 Å². The molecule has 0 N–H and O–H groups in total. The number of hydrogen-bond donors (Lipinski definition) is 0. The molecule has 1 aromatic carbocycles. The molecular weight excluding hydrogens is 344 g/mol. The minimum Gasteiger partial charge on any atom is -0.365 e. The van der Waals surface area contributed by atoms with Crippen molar-refractivity contribution >= 4 is 0 Å². The van der Waals surface area contributed by atoms with E-state index in [-0.39, 0.29) is 6.10 Å². The second-order valence-electron chi connectivity index (χ2n) is 6.42. The van der Waals surface area contributed by atoms with Crippen LogP contribution in [0, 0.1) is 6.92 Å². The fourth-order valence-corrected chi connectivity index (χ4v) is 3.08. The Hall–Kier alpha value is -3.39. The summed E-state index contributed by atoms with van der Waals surface area (Å²) in [7, 11) is 0. The summed E-state index contributed by atoms with van der Waals surface area (Å²) in [5, 5.41) is 12.5. The van der Waals surface area contributed by atoms with Gasteiger partial charge < -0.3 is 9.26 Å². The van der Waals surface area contributed by atoms with Crippen molar-refractivity contribution in [2.24, 2.45) is 0 Å². The summed E-state index contributed by atoms with van der Waals surface area (Å²) in [4.78, 5) is 8.62. The van der Waals surface area contributed by atoms with E-state index in [0.717, 1.165) is 11.3 Å². The van der Waals surface area contributed by atoms with E-state index in [1.54, 1.807) is 6.20 Å². The highest BCUT2D eigenvalue weighted by atomic mass is 16.5. The standard InChI is InChI=1S/C19H16N6O2/c1-12-5-7-13(8-6-12)16-10-25-15(11-26-16)17(22-24-25)18-21-19(27-23-18)14-4-2-3-9-20-14/h2-9,16H,10-11H2,1H3/t16-/m1/s1. The third-order valence-electron chi connectivity index (χ3n) is 4.57. The first kappa shape index (κ1) is 15.8. The van der Waals surface area contributed by atoms with E-state index < -0.39 is 0 Å². The summed E-state index contributed by atoms with van der Waals surface area (Å²) < 4.78 is 13.2. The van der Waals surface area contributed by atoms with Crippen molar-refractivity contribution in [3.63, 3.8) is 0 Å². The molecule has 1 aliphatic heterocycles. The van der Waals surface area contributed by atoms with Gasteiger partial charge in [-0.05, 0) is 24.6 Å². The van der Waals surface area contributed by atoms with Crippen LogP contribution >= 0.6 is 0 Å². The SMILES string of the molecule is Cc1ccc([C@H]2Cn3nnc(-c4noc(-c5ccccn5)n4)c3CO2)cc1. The summed E-state index contributed by atoms with van der Waals surface area (Å²) in [5.41, 5.74) is 4.38. The number of hydrogen-bond acceptors (Lipinski definition) is 7. The van der Waals surface area contributed by atoms with Crippen molar-refractivity contribution < 1.29 is 9.26 Å². The van der Waals surface area contributed by atoms with E-state index in [4.69, 9.17) is 9.26 Å². The molecular formula is C19H16N6O2. The van der Waals surface area contributed by atoms with Crippen LogP contribution in [0.2, 0.25) is 0 Å². The molecule has 0 aliphatic carbocycles. The Morgan fingerprint density at radius 3 is 2.81 bits per heavy atom. The molecule has 3 aromatic heterocycles. The average Bonchev–Trinajstić information content (AvgIpc) is 3.36. The predicted octanol–water partition coefficient (Wildman–Crippen LogP) is 2.97. The highest BCUT2D eigenvalue weighted by Crippen LogP contribution is 2.30. The molecule has 27 heavy (non-hydrogen) atoms. The van der Waals surface area contributed by atoms with Crippen LogP contribution in [0.25, 0.3) is 23.1 Å². The Balaban J connectivity index is 1.42. The summed E-state index contributed by atoms with van der Waals surface area (Å²) in [6.07, 6.45) is 1.63. The van der Waals surface area contributed by atoms with E-state index in [1.807, 2.05) is 22.9 Å². The van der Waals surface area contributed by atoms with Crippen molar-refractivity contribution in [3.8, 4) is 23.1 Å². The zero-order valence-electron chi connectivity index (χ0n) is 14.6. The molecule has 8 nitrogen and oxygen atoms in total. The molecule has 0 saturated heterocycles. The molecule has 0 amide bonds. The Labute approximate surface area is 154 Å². The molecule has 4 heterocycles. The third kappa shape index (κ3) is 2.89. The number of benzene rings is 1. The quantitative estimate of drug-likeness (QED) is 0.554. The number of fused-ring (bicyclic) bond motifs is 1. The van der Waals surface area contributed by atoms with Crippen molar-refractivity contribution in [1.29, 1.82) is 0 Å². The fraction of sp³-hybridized carbons (Fsp3) is 0.211. The Morgan fingerprint density at radius 1 is 1.11 bits per heavy atom. The lowest BCUT2D eigenvalue weighted by Gasteiger charge is -2.24. The van der Waals surface area contributed by atoms with Gasteiger partial charge in [0.15, 0.2) is 5.69 Å². The van der Waals surface area contributed by atoms with Crippen LogP contribution in [0.15, 0.2) is 53.2 Å². The zero-order valence-corrected chi connectivity index (χ0v) is 14.6. The van der Waals surface area contributed by atoms with Crippen LogP contribution in [0.3, 0.4) is 0 Å². The molecule has 0 saturated carbocycles. The molecule has 0 unspecified atom stereocenters. The van der Waals surface area contributed by atoms with Gasteiger partial charge in [-0.2, -0.15) is 4.98 Å². The first-order valence-electron chi connectivity index (χ1n) is 8.64. The number of aromatic nitrogens is 6. The van der Waals surface area contributed by atoms with Crippen LogP contribution in [-0.2, 0) is 17.9 Å². The van der Waals surface area contributed by atoms with Crippen LogP contribution in [0.1, 0.15) is 22.9 Å². The fourth-order valence-electron chi connectivity index (χ4n) is 3.08. The first-order valence-corrected chi connectivity index (χ1v) is 8.64. The molecule has 0 spiro atoms. The smallest absolute Gasteiger partial charge is 0.276 e. The van der Waals surface area contributed by atoms with Gasteiger partial charge in [0.25, 0.3) is 5.89 Å². The molecule has 0 fully saturated rings. The summed E-state index contributed by atoms with van der Waals surface area (Å²) in [6.45, 7) is 3.04. The second-order valence-corrected chi connectivity index (χ2v) is 6.42. The molecule has 0 radical (unpaired) electrons. The minimum atomic E-state index is -0.0537. The van der Waals surface area contributed by atoms with Crippen LogP contribution in [-0.4, -0.2) is 30.1 Å². The van der Waals surface area contributed by atoms with Crippen molar-refractivity contribution in [1.82, 2.24) is 30.1 Å².